The summed E-state index contributed by atoms with van der Waals surface area (Å²) in [7, 11) is 2.09. The van der Waals surface area contributed by atoms with Crippen LogP contribution in [0.5, 0.6) is 0 Å². The van der Waals surface area contributed by atoms with E-state index < -0.39 is 0 Å². The zero-order valence-electron chi connectivity index (χ0n) is 9.96. The number of oxime groups is 1. The van der Waals surface area contributed by atoms with E-state index in [-0.39, 0.29) is 5.41 Å². The molecule has 0 atom stereocenters. The molecule has 17 heavy (non-hydrogen) atoms. The SMILES string of the molecule is CN(Cc1cscn1)CC1(CC(N)=NO)CC1. The van der Waals surface area contributed by atoms with Crippen LogP contribution in [0.15, 0.2) is 16.0 Å². The summed E-state index contributed by atoms with van der Waals surface area (Å²) in [6.07, 6.45) is 3.00. The van der Waals surface area contributed by atoms with Gasteiger partial charge >= 0.3 is 0 Å². The van der Waals surface area contributed by atoms with Crippen molar-refractivity contribution in [3.63, 3.8) is 0 Å². The minimum absolute atomic E-state index is 0.223. The Morgan fingerprint density at radius 2 is 2.47 bits per heavy atom. The summed E-state index contributed by atoms with van der Waals surface area (Å²) in [5.41, 5.74) is 8.77. The van der Waals surface area contributed by atoms with Crippen LogP contribution in [0, 0.1) is 5.41 Å². The van der Waals surface area contributed by atoms with Crippen molar-refractivity contribution in [3.8, 4) is 0 Å². The Morgan fingerprint density at radius 1 is 1.71 bits per heavy atom. The zero-order chi connectivity index (χ0) is 12.3. The predicted molar refractivity (Wildman–Crippen MR) is 68.1 cm³/mol. The first kappa shape index (κ1) is 12.3. The third-order valence-electron chi connectivity index (χ3n) is 3.16. The molecule has 1 aromatic rings. The molecular formula is C11H18N4OS. The molecule has 0 bridgehead atoms. The van der Waals surface area contributed by atoms with Gasteiger partial charge in [-0.15, -0.1) is 11.3 Å². The van der Waals surface area contributed by atoms with Crippen molar-refractivity contribution in [2.24, 2.45) is 16.3 Å². The van der Waals surface area contributed by atoms with Crippen molar-refractivity contribution < 1.29 is 5.21 Å². The van der Waals surface area contributed by atoms with Gasteiger partial charge < -0.3 is 10.9 Å². The Labute approximate surface area is 105 Å². The second-order valence-corrected chi connectivity index (χ2v) is 5.64. The molecule has 1 fully saturated rings. The average Bonchev–Trinajstić information content (AvgIpc) is 2.83. The number of hydrogen-bond acceptors (Lipinski definition) is 5. The van der Waals surface area contributed by atoms with E-state index in [0.717, 1.165) is 31.6 Å². The summed E-state index contributed by atoms with van der Waals surface area (Å²) < 4.78 is 0. The van der Waals surface area contributed by atoms with Crippen LogP contribution >= 0.6 is 11.3 Å². The van der Waals surface area contributed by atoms with Gasteiger partial charge in [0.1, 0.15) is 5.84 Å². The lowest BCUT2D eigenvalue weighted by atomic mass is 10.0. The van der Waals surface area contributed by atoms with Gasteiger partial charge in [0, 0.05) is 24.9 Å². The lowest BCUT2D eigenvalue weighted by molar-refractivity contribution is 0.254. The molecule has 0 unspecified atom stereocenters. The number of amidine groups is 1. The van der Waals surface area contributed by atoms with Gasteiger partial charge in [-0.3, -0.25) is 4.90 Å². The third-order valence-corrected chi connectivity index (χ3v) is 3.80. The fourth-order valence-electron chi connectivity index (χ4n) is 2.21. The van der Waals surface area contributed by atoms with Gasteiger partial charge in [-0.2, -0.15) is 0 Å². The van der Waals surface area contributed by atoms with Crippen LogP contribution in [0.2, 0.25) is 0 Å². The molecule has 1 aromatic heterocycles. The number of aromatic nitrogens is 1. The molecule has 0 radical (unpaired) electrons. The summed E-state index contributed by atoms with van der Waals surface area (Å²) in [4.78, 5) is 6.53. The monoisotopic (exact) mass is 254 g/mol. The van der Waals surface area contributed by atoms with Crippen molar-refractivity contribution in [1.29, 1.82) is 0 Å². The van der Waals surface area contributed by atoms with Crippen LogP contribution in [0.25, 0.3) is 0 Å². The molecule has 6 heteroatoms. The fourth-order valence-corrected chi connectivity index (χ4v) is 2.76. The minimum atomic E-state index is 0.223. The molecule has 0 amide bonds. The predicted octanol–water partition coefficient (Wildman–Crippen LogP) is 1.49. The second-order valence-electron chi connectivity index (χ2n) is 4.92. The van der Waals surface area contributed by atoms with E-state index >= 15 is 0 Å². The highest BCUT2D eigenvalue weighted by atomic mass is 32.1. The van der Waals surface area contributed by atoms with Crippen LogP contribution in [0.4, 0.5) is 0 Å². The molecule has 0 saturated heterocycles. The Morgan fingerprint density at radius 3 is 3.00 bits per heavy atom. The van der Waals surface area contributed by atoms with Gasteiger partial charge in [-0.05, 0) is 25.3 Å². The van der Waals surface area contributed by atoms with E-state index in [0.29, 0.717) is 12.3 Å². The van der Waals surface area contributed by atoms with Crippen LogP contribution < -0.4 is 5.73 Å². The van der Waals surface area contributed by atoms with Gasteiger partial charge in [0.15, 0.2) is 0 Å². The maximum Gasteiger partial charge on any atom is 0.139 e. The van der Waals surface area contributed by atoms with E-state index in [2.05, 4.69) is 27.5 Å². The Bertz CT molecular complexity index is 386. The number of nitrogens with two attached hydrogens (primary N) is 1. The fraction of sp³-hybridized carbons (Fsp3) is 0.636. The first-order valence-electron chi connectivity index (χ1n) is 5.66. The van der Waals surface area contributed by atoms with E-state index in [9.17, 15) is 0 Å². The molecule has 5 nitrogen and oxygen atoms in total. The molecule has 0 aliphatic heterocycles. The van der Waals surface area contributed by atoms with Crippen molar-refractivity contribution in [2.45, 2.75) is 25.8 Å². The third kappa shape index (κ3) is 3.41. The minimum Gasteiger partial charge on any atom is -0.409 e. The average molecular weight is 254 g/mol. The van der Waals surface area contributed by atoms with Crippen molar-refractivity contribution in [1.82, 2.24) is 9.88 Å². The molecule has 1 saturated carbocycles. The van der Waals surface area contributed by atoms with E-state index in [1.54, 1.807) is 11.3 Å². The molecule has 2 rings (SSSR count). The smallest absolute Gasteiger partial charge is 0.139 e. The molecule has 94 valence electrons. The van der Waals surface area contributed by atoms with Gasteiger partial charge in [0.25, 0.3) is 0 Å². The van der Waals surface area contributed by atoms with Gasteiger partial charge in [-0.25, -0.2) is 4.98 Å². The van der Waals surface area contributed by atoms with E-state index in [1.807, 2.05) is 5.51 Å². The molecule has 1 aliphatic carbocycles. The van der Waals surface area contributed by atoms with Crippen molar-refractivity contribution in [2.75, 3.05) is 13.6 Å². The van der Waals surface area contributed by atoms with Crippen LogP contribution in [-0.2, 0) is 6.54 Å². The summed E-state index contributed by atoms with van der Waals surface area (Å²) in [6.45, 7) is 1.84. The second kappa shape index (κ2) is 5.01. The summed E-state index contributed by atoms with van der Waals surface area (Å²) in [5, 5.41) is 13.7. The molecular weight excluding hydrogens is 236 g/mol. The van der Waals surface area contributed by atoms with Crippen molar-refractivity contribution in [3.05, 3.63) is 16.6 Å². The highest BCUT2D eigenvalue weighted by Crippen LogP contribution is 2.49. The standard InChI is InChI=1S/C11H18N4OS/c1-15(5-9-6-17-8-13-9)7-11(2-3-11)4-10(12)14-16/h6,8,16H,2-5,7H2,1H3,(H2,12,14). The molecule has 3 N–H and O–H groups in total. The quantitative estimate of drug-likeness (QED) is 0.349. The van der Waals surface area contributed by atoms with Gasteiger partial charge in [0.05, 0.1) is 11.2 Å². The van der Waals surface area contributed by atoms with Gasteiger partial charge in [-0.1, -0.05) is 5.16 Å². The first-order valence-corrected chi connectivity index (χ1v) is 6.60. The van der Waals surface area contributed by atoms with E-state index in [1.165, 1.54) is 0 Å². The zero-order valence-corrected chi connectivity index (χ0v) is 10.8. The Kier molecular flexibility index (Phi) is 3.63. The van der Waals surface area contributed by atoms with Crippen LogP contribution in [0.3, 0.4) is 0 Å². The number of thiazole rings is 1. The summed E-state index contributed by atoms with van der Waals surface area (Å²) in [6, 6.07) is 0. The van der Waals surface area contributed by atoms with E-state index in [4.69, 9.17) is 10.9 Å². The highest BCUT2D eigenvalue weighted by molar-refractivity contribution is 7.07. The lowest BCUT2D eigenvalue weighted by Gasteiger charge is -2.22. The highest BCUT2D eigenvalue weighted by Gasteiger charge is 2.44. The van der Waals surface area contributed by atoms with Gasteiger partial charge in [0.2, 0.25) is 0 Å². The Hall–Kier alpha value is -1.14. The number of hydrogen-bond donors (Lipinski definition) is 2. The van der Waals surface area contributed by atoms with Crippen molar-refractivity contribution >= 4 is 17.2 Å². The molecule has 1 aliphatic rings. The topological polar surface area (TPSA) is 74.7 Å². The Balaban J connectivity index is 1.84. The van der Waals surface area contributed by atoms with Crippen LogP contribution in [0.1, 0.15) is 25.0 Å². The number of nitrogens with zero attached hydrogens (tertiary/aromatic N) is 3. The molecule has 0 aromatic carbocycles. The van der Waals surface area contributed by atoms with Crippen LogP contribution in [-0.4, -0.2) is 34.5 Å². The number of rotatable bonds is 6. The molecule has 0 spiro atoms. The maximum atomic E-state index is 8.61. The maximum absolute atomic E-state index is 8.61. The first-order chi connectivity index (χ1) is 8.13. The lowest BCUT2D eigenvalue weighted by Crippen LogP contribution is -2.30. The summed E-state index contributed by atoms with van der Waals surface area (Å²) in [5.74, 6) is 0.338. The molecule has 1 heterocycles. The summed E-state index contributed by atoms with van der Waals surface area (Å²) >= 11 is 1.62. The normalized spacial score (nSPS) is 18.6. The largest absolute Gasteiger partial charge is 0.409 e.